The highest BCUT2D eigenvalue weighted by atomic mass is 16.5. The summed E-state index contributed by atoms with van der Waals surface area (Å²) in [5, 5.41) is 0. The molecule has 0 aromatic heterocycles. The van der Waals surface area contributed by atoms with E-state index in [1.165, 1.54) is 0 Å². The molecule has 88 valence electrons. The van der Waals surface area contributed by atoms with Crippen LogP contribution in [-0.4, -0.2) is 19.3 Å². The van der Waals surface area contributed by atoms with Gasteiger partial charge in [0.15, 0.2) is 0 Å². The third-order valence-electron chi connectivity index (χ3n) is 3.60. The second-order valence-corrected chi connectivity index (χ2v) is 4.53. The van der Waals surface area contributed by atoms with Gasteiger partial charge in [-0.25, -0.2) is 0 Å². The van der Waals surface area contributed by atoms with Crippen molar-refractivity contribution in [3.05, 3.63) is 30.3 Å². The minimum atomic E-state index is 0.241. The van der Waals surface area contributed by atoms with Crippen molar-refractivity contribution in [2.75, 3.05) is 13.2 Å². The first kappa shape index (κ1) is 11.5. The monoisotopic (exact) mass is 220 g/mol. The number of hydrogen-bond donors (Lipinski definition) is 0. The predicted octanol–water partition coefficient (Wildman–Crippen LogP) is 3.27. The minimum absolute atomic E-state index is 0.241. The van der Waals surface area contributed by atoms with Crippen LogP contribution in [0.25, 0.3) is 0 Å². The Hall–Kier alpha value is -1.02. The lowest BCUT2D eigenvalue weighted by molar-refractivity contribution is -0.202. The fourth-order valence-corrected chi connectivity index (χ4v) is 2.30. The summed E-state index contributed by atoms with van der Waals surface area (Å²) in [5.41, 5.74) is 0.241. The molecule has 0 radical (unpaired) electrons. The maximum atomic E-state index is 5.86. The van der Waals surface area contributed by atoms with Gasteiger partial charge in [-0.15, -0.1) is 0 Å². The maximum Gasteiger partial charge on any atom is 0.119 e. The lowest BCUT2D eigenvalue weighted by atomic mass is 9.75. The highest BCUT2D eigenvalue weighted by Gasteiger charge is 2.46. The van der Waals surface area contributed by atoms with Crippen molar-refractivity contribution < 1.29 is 9.47 Å². The second kappa shape index (κ2) is 4.88. The highest BCUT2D eigenvalue weighted by molar-refractivity contribution is 5.21. The molecule has 1 aliphatic heterocycles. The van der Waals surface area contributed by atoms with Gasteiger partial charge in [0, 0.05) is 0 Å². The van der Waals surface area contributed by atoms with E-state index >= 15 is 0 Å². The van der Waals surface area contributed by atoms with Crippen molar-refractivity contribution in [2.24, 2.45) is 5.41 Å². The normalized spacial score (nSPS) is 28.5. The summed E-state index contributed by atoms with van der Waals surface area (Å²) in [5.74, 6) is 0.956. The summed E-state index contributed by atoms with van der Waals surface area (Å²) in [6.07, 6.45) is 2.57. The first-order chi connectivity index (χ1) is 7.80. The quantitative estimate of drug-likeness (QED) is 0.758. The van der Waals surface area contributed by atoms with E-state index in [4.69, 9.17) is 9.47 Å². The van der Waals surface area contributed by atoms with Crippen LogP contribution in [0.4, 0.5) is 0 Å². The van der Waals surface area contributed by atoms with Gasteiger partial charge in [0.2, 0.25) is 0 Å². The molecule has 0 saturated carbocycles. The first-order valence-electron chi connectivity index (χ1n) is 6.10. The Labute approximate surface area is 97.6 Å². The largest absolute Gasteiger partial charge is 0.493 e. The van der Waals surface area contributed by atoms with Crippen LogP contribution in [0.1, 0.15) is 26.7 Å². The van der Waals surface area contributed by atoms with Gasteiger partial charge in [-0.3, -0.25) is 0 Å². The molecule has 2 rings (SSSR count). The van der Waals surface area contributed by atoms with Crippen molar-refractivity contribution >= 4 is 0 Å². The van der Waals surface area contributed by atoms with E-state index in [0.29, 0.717) is 6.10 Å². The summed E-state index contributed by atoms with van der Waals surface area (Å²) < 4.78 is 11.5. The van der Waals surface area contributed by atoms with E-state index < -0.39 is 0 Å². The Morgan fingerprint density at radius 3 is 2.56 bits per heavy atom. The SMILES string of the molecule is CCC1OCC1(CC)COc1ccccc1. The van der Waals surface area contributed by atoms with Crippen molar-refractivity contribution in [3.8, 4) is 5.75 Å². The summed E-state index contributed by atoms with van der Waals surface area (Å²) >= 11 is 0. The predicted molar refractivity (Wildman–Crippen MR) is 64.7 cm³/mol. The van der Waals surface area contributed by atoms with Gasteiger partial charge in [0.1, 0.15) is 5.75 Å². The van der Waals surface area contributed by atoms with Crippen LogP contribution in [-0.2, 0) is 4.74 Å². The lowest BCUT2D eigenvalue weighted by Crippen LogP contribution is -2.54. The van der Waals surface area contributed by atoms with Gasteiger partial charge in [0.05, 0.1) is 24.7 Å². The smallest absolute Gasteiger partial charge is 0.119 e. The van der Waals surface area contributed by atoms with Gasteiger partial charge in [-0.1, -0.05) is 32.0 Å². The molecule has 0 aliphatic carbocycles. The number of rotatable bonds is 5. The molecule has 1 aromatic carbocycles. The van der Waals surface area contributed by atoms with Crippen molar-refractivity contribution in [3.63, 3.8) is 0 Å². The van der Waals surface area contributed by atoms with Crippen molar-refractivity contribution in [2.45, 2.75) is 32.8 Å². The summed E-state index contributed by atoms with van der Waals surface area (Å²) in [7, 11) is 0. The van der Waals surface area contributed by atoms with Crippen LogP contribution in [0, 0.1) is 5.41 Å². The average Bonchev–Trinajstić information content (AvgIpc) is 2.31. The molecule has 1 fully saturated rings. The summed E-state index contributed by atoms with van der Waals surface area (Å²) in [6.45, 7) is 6.01. The highest BCUT2D eigenvalue weighted by Crippen LogP contribution is 2.40. The first-order valence-corrected chi connectivity index (χ1v) is 6.10. The van der Waals surface area contributed by atoms with Crippen LogP contribution in [0.15, 0.2) is 30.3 Å². The Morgan fingerprint density at radius 2 is 2.06 bits per heavy atom. The number of benzene rings is 1. The van der Waals surface area contributed by atoms with E-state index in [9.17, 15) is 0 Å². The number of ether oxygens (including phenoxy) is 2. The van der Waals surface area contributed by atoms with Crippen LogP contribution in [0.2, 0.25) is 0 Å². The zero-order valence-corrected chi connectivity index (χ0v) is 10.1. The fraction of sp³-hybridized carbons (Fsp3) is 0.571. The van der Waals surface area contributed by atoms with Gasteiger partial charge in [0.25, 0.3) is 0 Å². The molecule has 0 N–H and O–H groups in total. The van der Waals surface area contributed by atoms with Gasteiger partial charge in [-0.05, 0) is 25.0 Å². The summed E-state index contributed by atoms with van der Waals surface area (Å²) in [6, 6.07) is 10.0. The van der Waals surface area contributed by atoms with E-state index in [1.54, 1.807) is 0 Å². The maximum absolute atomic E-state index is 5.86. The van der Waals surface area contributed by atoms with Gasteiger partial charge in [-0.2, -0.15) is 0 Å². The zero-order chi connectivity index (χ0) is 11.4. The molecule has 1 aliphatic rings. The molecule has 0 amide bonds. The van der Waals surface area contributed by atoms with Gasteiger partial charge < -0.3 is 9.47 Å². The molecule has 1 aromatic rings. The Morgan fingerprint density at radius 1 is 1.31 bits per heavy atom. The molecule has 1 heterocycles. The van der Waals surface area contributed by atoms with Crippen molar-refractivity contribution in [1.29, 1.82) is 0 Å². The Balaban J connectivity index is 1.93. The molecule has 2 unspecified atom stereocenters. The molecular weight excluding hydrogens is 200 g/mol. The van der Waals surface area contributed by atoms with Gasteiger partial charge >= 0.3 is 0 Å². The van der Waals surface area contributed by atoms with E-state index in [2.05, 4.69) is 13.8 Å². The topological polar surface area (TPSA) is 18.5 Å². The third-order valence-corrected chi connectivity index (χ3v) is 3.60. The molecule has 2 nitrogen and oxygen atoms in total. The zero-order valence-electron chi connectivity index (χ0n) is 10.1. The molecule has 2 atom stereocenters. The number of hydrogen-bond acceptors (Lipinski definition) is 2. The standard InChI is InChI=1S/C14H20O2/c1-3-13-14(4-2,11-16-13)10-15-12-8-6-5-7-9-12/h5-9,13H,3-4,10-11H2,1-2H3. The third kappa shape index (κ3) is 2.07. The Kier molecular flexibility index (Phi) is 3.49. The van der Waals surface area contributed by atoms with Crippen LogP contribution < -0.4 is 4.74 Å². The molecule has 16 heavy (non-hydrogen) atoms. The average molecular weight is 220 g/mol. The molecular formula is C14H20O2. The second-order valence-electron chi connectivity index (χ2n) is 4.53. The number of para-hydroxylation sites is 1. The molecule has 0 bridgehead atoms. The van der Waals surface area contributed by atoms with E-state index in [1.807, 2.05) is 30.3 Å². The molecule has 0 spiro atoms. The van der Waals surface area contributed by atoms with E-state index in [-0.39, 0.29) is 5.41 Å². The molecule has 2 heteroatoms. The Bertz CT molecular complexity index is 317. The van der Waals surface area contributed by atoms with Crippen LogP contribution in [0.3, 0.4) is 0 Å². The van der Waals surface area contributed by atoms with Crippen molar-refractivity contribution in [1.82, 2.24) is 0 Å². The fourth-order valence-electron chi connectivity index (χ4n) is 2.30. The van der Waals surface area contributed by atoms with Crippen LogP contribution in [0.5, 0.6) is 5.75 Å². The summed E-state index contributed by atoms with van der Waals surface area (Å²) in [4.78, 5) is 0. The van der Waals surface area contributed by atoms with Crippen LogP contribution >= 0.6 is 0 Å². The lowest BCUT2D eigenvalue weighted by Gasteiger charge is -2.48. The minimum Gasteiger partial charge on any atom is -0.493 e. The van der Waals surface area contributed by atoms with E-state index in [0.717, 1.165) is 31.8 Å². The molecule has 1 saturated heterocycles.